The Balaban J connectivity index is 1.57. The zero-order valence-corrected chi connectivity index (χ0v) is 13.2. The normalized spacial score (nSPS) is 10.5. The number of amides is 1. The van der Waals surface area contributed by atoms with Crippen molar-refractivity contribution in [3.8, 4) is 11.5 Å². The van der Waals surface area contributed by atoms with Gasteiger partial charge in [0.25, 0.3) is 5.22 Å². The van der Waals surface area contributed by atoms with Gasteiger partial charge in [-0.25, -0.2) is 9.97 Å². The molecule has 0 radical (unpaired) electrons. The minimum absolute atomic E-state index is 0.112. The van der Waals surface area contributed by atoms with Gasteiger partial charge >= 0.3 is 0 Å². The molecule has 7 nitrogen and oxygen atoms in total. The van der Waals surface area contributed by atoms with E-state index in [1.54, 1.807) is 42.7 Å². The molecule has 0 fully saturated rings. The van der Waals surface area contributed by atoms with Crippen LogP contribution < -0.4 is 5.32 Å². The molecule has 0 aliphatic rings. The molecular formula is C14H10ClN5O2S. The average Bonchev–Trinajstić information content (AvgIpc) is 3.04. The summed E-state index contributed by atoms with van der Waals surface area (Å²) in [6.45, 7) is 0. The maximum absolute atomic E-state index is 11.8. The molecule has 3 aromatic rings. The Hall–Kier alpha value is -2.45. The summed E-state index contributed by atoms with van der Waals surface area (Å²) in [6.07, 6.45) is 3.10. The number of nitrogens with one attached hydrogen (secondary N) is 1. The molecule has 3 rings (SSSR count). The first-order valence-corrected chi connectivity index (χ1v) is 7.86. The molecule has 1 aromatic carbocycles. The van der Waals surface area contributed by atoms with Gasteiger partial charge < -0.3 is 4.42 Å². The lowest BCUT2D eigenvalue weighted by molar-refractivity contribution is -0.113. The number of nitrogens with zero attached hydrogens (tertiary/aromatic N) is 4. The first-order valence-electron chi connectivity index (χ1n) is 6.50. The second-order valence-corrected chi connectivity index (χ2v) is 5.65. The van der Waals surface area contributed by atoms with Crippen LogP contribution in [0.2, 0.25) is 5.02 Å². The molecule has 1 amide bonds. The van der Waals surface area contributed by atoms with Crippen LogP contribution in [0.1, 0.15) is 0 Å². The second kappa shape index (κ2) is 7.21. The van der Waals surface area contributed by atoms with Gasteiger partial charge in [-0.3, -0.25) is 10.1 Å². The smallest absolute Gasteiger partial charge is 0.277 e. The standard InChI is InChI=1S/C14H10ClN5O2S/c15-10-4-2-9(3-5-10)12-19-20-14(22-12)23-8-11(21)18-13-16-6-1-7-17-13/h1-7H,8H2,(H,16,17,18,21). The number of hydrogen-bond acceptors (Lipinski definition) is 7. The van der Waals surface area contributed by atoms with Gasteiger partial charge in [-0.2, -0.15) is 0 Å². The molecule has 0 bridgehead atoms. The first-order chi connectivity index (χ1) is 11.2. The van der Waals surface area contributed by atoms with E-state index in [9.17, 15) is 4.79 Å². The molecule has 9 heteroatoms. The van der Waals surface area contributed by atoms with E-state index < -0.39 is 0 Å². The number of carbonyl (C=O) groups excluding carboxylic acids is 1. The van der Waals surface area contributed by atoms with Crippen molar-refractivity contribution in [1.29, 1.82) is 0 Å². The fourth-order valence-corrected chi connectivity index (χ4v) is 2.32. The summed E-state index contributed by atoms with van der Waals surface area (Å²) in [5, 5.41) is 11.3. The summed E-state index contributed by atoms with van der Waals surface area (Å²) in [5.74, 6) is 0.481. The molecule has 116 valence electrons. The fourth-order valence-electron chi connectivity index (χ4n) is 1.63. The lowest BCUT2D eigenvalue weighted by Crippen LogP contribution is -2.15. The molecule has 0 atom stereocenters. The Morgan fingerprint density at radius 3 is 2.65 bits per heavy atom. The Kier molecular flexibility index (Phi) is 4.84. The molecule has 0 spiro atoms. The highest BCUT2D eigenvalue weighted by molar-refractivity contribution is 7.99. The van der Waals surface area contributed by atoms with Crippen LogP contribution in [0.3, 0.4) is 0 Å². The highest BCUT2D eigenvalue weighted by atomic mass is 35.5. The molecule has 0 unspecified atom stereocenters. The van der Waals surface area contributed by atoms with Crippen molar-refractivity contribution in [2.75, 3.05) is 11.1 Å². The molecule has 2 heterocycles. The monoisotopic (exact) mass is 347 g/mol. The number of benzene rings is 1. The number of carbonyl (C=O) groups is 1. The van der Waals surface area contributed by atoms with Crippen molar-refractivity contribution >= 4 is 35.2 Å². The molecule has 2 aromatic heterocycles. The SMILES string of the molecule is O=C(CSc1nnc(-c2ccc(Cl)cc2)o1)Nc1ncccn1. The predicted octanol–water partition coefficient (Wildman–Crippen LogP) is 2.91. The van der Waals surface area contributed by atoms with Crippen LogP contribution in [-0.4, -0.2) is 31.8 Å². The van der Waals surface area contributed by atoms with Crippen molar-refractivity contribution in [3.05, 3.63) is 47.7 Å². The molecule has 0 saturated heterocycles. The van der Waals surface area contributed by atoms with Crippen molar-refractivity contribution in [2.24, 2.45) is 0 Å². The maximum atomic E-state index is 11.8. The van der Waals surface area contributed by atoms with Gasteiger partial charge in [0.05, 0.1) is 5.75 Å². The summed E-state index contributed by atoms with van der Waals surface area (Å²) in [4.78, 5) is 19.6. The van der Waals surface area contributed by atoms with Crippen LogP contribution in [0, 0.1) is 0 Å². The highest BCUT2D eigenvalue weighted by Gasteiger charge is 2.11. The Labute approximate surface area is 140 Å². The van der Waals surface area contributed by atoms with Crippen LogP contribution in [0.5, 0.6) is 0 Å². The largest absolute Gasteiger partial charge is 0.411 e. The summed E-state index contributed by atoms with van der Waals surface area (Å²) in [7, 11) is 0. The third kappa shape index (κ3) is 4.27. The average molecular weight is 348 g/mol. The van der Waals surface area contributed by atoms with E-state index in [4.69, 9.17) is 16.0 Å². The third-order valence-corrected chi connectivity index (χ3v) is 3.71. The summed E-state index contributed by atoms with van der Waals surface area (Å²) in [6, 6.07) is 8.71. The van der Waals surface area contributed by atoms with Gasteiger partial charge in [0.2, 0.25) is 17.7 Å². The number of aromatic nitrogens is 4. The van der Waals surface area contributed by atoms with Gasteiger partial charge in [-0.15, -0.1) is 10.2 Å². The number of halogens is 1. The number of hydrogen-bond donors (Lipinski definition) is 1. The van der Waals surface area contributed by atoms with Crippen molar-refractivity contribution in [1.82, 2.24) is 20.2 Å². The van der Waals surface area contributed by atoms with Gasteiger partial charge in [-0.1, -0.05) is 23.4 Å². The van der Waals surface area contributed by atoms with Crippen LogP contribution in [0.4, 0.5) is 5.95 Å². The van der Waals surface area contributed by atoms with E-state index in [0.29, 0.717) is 16.1 Å². The molecule has 1 N–H and O–H groups in total. The van der Waals surface area contributed by atoms with Gasteiger partial charge in [0, 0.05) is 23.0 Å². The van der Waals surface area contributed by atoms with E-state index >= 15 is 0 Å². The van der Waals surface area contributed by atoms with Crippen LogP contribution in [-0.2, 0) is 4.79 Å². The Morgan fingerprint density at radius 2 is 1.91 bits per heavy atom. The van der Waals surface area contributed by atoms with Crippen molar-refractivity contribution in [3.63, 3.8) is 0 Å². The van der Waals surface area contributed by atoms with Gasteiger partial charge in [0.15, 0.2) is 0 Å². The quantitative estimate of drug-likeness (QED) is 0.709. The van der Waals surface area contributed by atoms with E-state index in [-0.39, 0.29) is 17.6 Å². The topological polar surface area (TPSA) is 93.8 Å². The van der Waals surface area contributed by atoms with Crippen molar-refractivity contribution < 1.29 is 9.21 Å². The number of rotatable bonds is 5. The predicted molar refractivity (Wildman–Crippen MR) is 86.1 cm³/mol. The minimum atomic E-state index is -0.257. The lowest BCUT2D eigenvalue weighted by atomic mass is 10.2. The van der Waals surface area contributed by atoms with Crippen molar-refractivity contribution in [2.45, 2.75) is 5.22 Å². The summed E-state index contributed by atoms with van der Waals surface area (Å²) in [5.41, 5.74) is 0.760. The Morgan fingerprint density at radius 1 is 1.17 bits per heavy atom. The van der Waals surface area contributed by atoms with E-state index in [1.807, 2.05) is 0 Å². The zero-order chi connectivity index (χ0) is 16.1. The third-order valence-electron chi connectivity index (χ3n) is 2.64. The second-order valence-electron chi connectivity index (χ2n) is 4.29. The molecule has 0 saturated carbocycles. The van der Waals surface area contributed by atoms with Crippen LogP contribution in [0.25, 0.3) is 11.5 Å². The van der Waals surface area contributed by atoms with E-state index in [1.165, 1.54) is 0 Å². The summed E-state index contributed by atoms with van der Waals surface area (Å²) < 4.78 is 5.50. The van der Waals surface area contributed by atoms with Gasteiger partial charge in [-0.05, 0) is 30.3 Å². The minimum Gasteiger partial charge on any atom is -0.411 e. The summed E-state index contributed by atoms with van der Waals surface area (Å²) >= 11 is 6.96. The molecule has 23 heavy (non-hydrogen) atoms. The van der Waals surface area contributed by atoms with E-state index in [2.05, 4.69) is 25.5 Å². The van der Waals surface area contributed by atoms with Crippen LogP contribution in [0.15, 0.2) is 52.4 Å². The van der Waals surface area contributed by atoms with Crippen LogP contribution >= 0.6 is 23.4 Å². The van der Waals surface area contributed by atoms with Gasteiger partial charge in [0.1, 0.15) is 0 Å². The molecule has 0 aliphatic heterocycles. The Bertz CT molecular complexity index is 794. The molecule has 0 aliphatic carbocycles. The molecular weight excluding hydrogens is 338 g/mol. The maximum Gasteiger partial charge on any atom is 0.277 e. The zero-order valence-electron chi connectivity index (χ0n) is 11.6. The first kappa shape index (κ1) is 15.4. The fraction of sp³-hybridized carbons (Fsp3) is 0.0714. The highest BCUT2D eigenvalue weighted by Crippen LogP contribution is 2.24. The number of thioether (sulfide) groups is 1. The lowest BCUT2D eigenvalue weighted by Gasteiger charge is -2.00. The number of anilines is 1. The van der Waals surface area contributed by atoms with E-state index in [0.717, 1.165) is 17.3 Å².